The molecule has 0 saturated heterocycles. The number of aryl methyl sites for hydroxylation is 1. The van der Waals surface area contributed by atoms with Crippen LogP contribution in [0.4, 0.5) is 11.8 Å². The molecule has 1 rings (SSSR count). The molecular weight excluding hydrogens is 236 g/mol. The fraction of sp³-hybridized carbons (Fsp3) is 0.733. The summed E-state index contributed by atoms with van der Waals surface area (Å²) in [5.74, 6) is 2.40. The summed E-state index contributed by atoms with van der Waals surface area (Å²) in [5.41, 5.74) is 1.10. The van der Waals surface area contributed by atoms with Crippen molar-refractivity contribution in [3.63, 3.8) is 0 Å². The van der Waals surface area contributed by atoms with Gasteiger partial charge in [-0.15, -0.1) is 0 Å². The van der Waals surface area contributed by atoms with E-state index in [-0.39, 0.29) is 0 Å². The maximum Gasteiger partial charge on any atom is 0.224 e. The standard InChI is InChI=1S/C15H28N4/c1-6-8-16-15-17-10-12(4)14(19-15)18-13(5)9-11(3)7-2/h10-11,13H,6-9H2,1-5H3,(H2,16,17,18,19). The van der Waals surface area contributed by atoms with Gasteiger partial charge in [-0.1, -0.05) is 27.2 Å². The molecule has 2 unspecified atom stereocenters. The van der Waals surface area contributed by atoms with Crippen molar-refractivity contribution >= 4 is 11.8 Å². The largest absolute Gasteiger partial charge is 0.367 e. The highest BCUT2D eigenvalue weighted by atomic mass is 15.1. The summed E-state index contributed by atoms with van der Waals surface area (Å²) in [5, 5.41) is 6.73. The van der Waals surface area contributed by atoms with Crippen LogP contribution in [-0.2, 0) is 0 Å². The molecule has 2 N–H and O–H groups in total. The molecule has 4 heteroatoms. The second kappa shape index (κ2) is 7.97. The Morgan fingerprint density at radius 2 is 2.00 bits per heavy atom. The molecule has 0 aliphatic heterocycles. The summed E-state index contributed by atoms with van der Waals surface area (Å²) in [6.45, 7) is 11.8. The Morgan fingerprint density at radius 3 is 2.63 bits per heavy atom. The summed E-state index contributed by atoms with van der Waals surface area (Å²) < 4.78 is 0. The fourth-order valence-corrected chi connectivity index (χ4v) is 1.97. The molecule has 0 bridgehead atoms. The normalized spacial score (nSPS) is 13.9. The number of hydrogen-bond donors (Lipinski definition) is 2. The van der Waals surface area contributed by atoms with E-state index in [0.717, 1.165) is 36.7 Å². The van der Waals surface area contributed by atoms with E-state index in [4.69, 9.17) is 0 Å². The minimum atomic E-state index is 0.433. The molecule has 4 nitrogen and oxygen atoms in total. The van der Waals surface area contributed by atoms with Crippen LogP contribution in [0.15, 0.2) is 6.20 Å². The quantitative estimate of drug-likeness (QED) is 0.749. The zero-order valence-electron chi connectivity index (χ0n) is 13.0. The van der Waals surface area contributed by atoms with E-state index < -0.39 is 0 Å². The van der Waals surface area contributed by atoms with Crippen LogP contribution >= 0.6 is 0 Å². The van der Waals surface area contributed by atoms with Crippen molar-refractivity contribution in [3.8, 4) is 0 Å². The Hall–Kier alpha value is -1.32. The molecule has 0 aliphatic carbocycles. The van der Waals surface area contributed by atoms with Crippen LogP contribution in [-0.4, -0.2) is 22.6 Å². The predicted octanol–water partition coefficient (Wildman–Crippen LogP) is 3.84. The second-order valence-electron chi connectivity index (χ2n) is 5.45. The highest BCUT2D eigenvalue weighted by Crippen LogP contribution is 2.17. The van der Waals surface area contributed by atoms with Crippen molar-refractivity contribution < 1.29 is 0 Å². The average molecular weight is 264 g/mol. The Kier molecular flexibility index (Phi) is 6.60. The lowest BCUT2D eigenvalue weighted by molar-refractivity contribution is 0.483. The smallest absolute Gasteiger partial charge is 0.224 e. The lowest BCUT2D eigenvalue weighted by Gasteiger charge is -2.19. The first kappa shape index (κ1) is 15.7. The number of nitrogens with one attached hydrogen (secondary N) is 2. The van der Waals surface area contributed by atoms with Crippen molar-refractivity contribution in [2.75, 3.05) is 17.2 Å². The summed E-state index contributed by atoms with van der Waals surface area (Å²) in [7, 11) is 0. The topological polar surface area (TPSA) is 49.8 Å². The van der Waals surface area contributed by atoms with Gasteiger partial charge < -0.3 is 10.6 Å². The van der Waals surface area contributed by atoms with Gasteiger partial charge in [-0.2, -0.15) is 4.98 Å². The first-order chi connectivity index (χ1) is 9.06. The zero-order chi connectivity index (χ0) is 14.3. The van der Waals surface area contributed by atoms with E-state index in [1.807, 2.05) is 13.1 Å². The third kappa shape index (κ3) is 5.45. The van der Waals surface area contributed by atoms with Crippen molar-refractivity contribution in [2.24, 2.45) is 5.92 Å². The summed E-state index contributed by atoms with van der Waals surface area (Å²) >= 11 is 0. The molecule has 0 fully saturated rings. The lowest BCUT2D eigenvalue weighted by Crippen LogP contribution is -2.20. The van der Waals surface area contributed by atoms with Gasteiger partial charge in [-0.25, -0.2) is 4.98 Å². The number of rotatable bonds is 8. The van der Waals surface area contributed by atoms with Crippen molar-refractivity contribution in [2.45, 2.75) is 59.9 Å². The minimum absolute atomic E-state index is 0.433. The van der Waals surface area contributed by atoms with Gasteiger partial charge in [0.05, 0.1) is 0 Å². The summed E-state index contributed by atoms with van der Waals surface area (Å²) in [6, 6.07) is 0.433. The molecule has 0 aromatic carbocycles. The molecule has 0 amide bonds. The molecule has 0 saturated carbocycles. The van der Waals surface area contributed by atoms with Crippen LogP contribution in [0.5, 0.6) is 0 Å². The van der Waals surface area contributed by atoms with E-state index in [1.54, 1.807) is 0 Å². The van der Waals surface area contributed by atoms with Gasteiger partial charge in [0.1, 0.15) is 5.82 Å². The van der Waals surface area contributed by atoms with Crippen LogP contribution < -0.4 is 10.6 Å². The zero-order valence-corrected chi connectivity index (χ0v) is 13.0. The molecule has 108 valence electrons. The molecule has 1 aromatic heterocycles. The predicted molar refractivity (Wildman–Crippen MR) is 82.7 cm³/mol. The van der Waals surface area contributed by atoms with Crippen LogP contribution in [0.1, 0.15) is 52.5 Å². The Balaban J connectivity index is 2.65. The van der Waals surface area contributed by atoms with Gasteiger partial charge in [0.15, 0.2) is 0 Å². The van der Waals surface area contributed by atoms with Crippen LogP contribution in [0, 0.1) is 12.8 Å². The Morgan fingerprint density at radius 1 is 1.26 bits per heavy atom. The maximum atomic E-state index is 4.55. The molecular formula is C15H28N4. The van der Waals surface area contributed by atoms with Gasteiger partial charge in [0, 0.05) is 24.3 Å². The maximum absolute atomic E-state index is 4.55. The highest BCUT2D eigenvalue weighted by Gasteiger charge is 2.10. The van der Waals surface area contributed by atoms with Crippen LogP contribution in [0.25, 0.3) is 0 Å². The van der Waals surface area contributed by atoms with E-state index in [9.17, 15) is 0 Å². The van der Waals surface area contributed by atoms with E-state index >= 15 is 0 Å². The second-order valence-corrected chi connectivity index (χ2v) is 5.45. The third-order valence-electron chi connectivity index (χ3n) is 3.34. The molecule has 0 radical (unpaired) electrons. The summed E-state index contributed by atoms with van der Waals surface area (Å²) in [6.07, 6.45) is 5.34. The number of nitrogens with zero attached hydrogens (tertiary/aromatic N) is 2. The third-order valence-corrected chi connectivity index (χ3v) is 3.34. The van der Waals surface area contributed by atoms with Crippen LogP contribution in [0.2, 0.25) is 0 Å². The fourth-order valence-electron chi connectivity index (χ4n) is 1.97. The number of anilines is 2. The van der Waals surface area contributed by atoms with Gasteiger partial charge in [-0.05, 0) is 32.6 Å². The first-order valence-electron chi connectivity index (χ1n) is 7.40. The van der Waals surface area contributed by atoms with Crippen molar-refractivity contribution in [1.29, 1.82) is 0 Å². The average Bonchev–Trinajstić information content (AvgIpc) is 2.39. The molecule has 1 aromatic rings. The SMILES string of the molecule is CCCNc1ncc(C)c(NC(C)CC(C)CC)n1. The number of aromatic nitrogens is 2. The molecule has 0 spiro atoms. The first-order valence-corrected chi connectivity index (χ1v) is 7.40. The van der Waals surface area contributed by atoms with Gasteiger partial charge >= 0.3 is 0 Å². The Labute approximate surface area is 117 Å². The minimum Gasteiger partial charge on any atom is -0.367 e. The van der Waals surface area contributed by atoms with Crippen molar-refractivity contribution in [1.82, 2.24) is 9.97 Å². The monoisotopic (exact) mass is 264 g/mol. The van der Waals surface area contributed by atoms with Crippen LogP contribution in [0.3, 0.4) is 0 Å². The number of hydrogen-bond acceptors (Lipinski definition) is 4. The summed E-state index contributed by atoms with van der Waals surface area (Å²) in [4.78, 5) is 8.85. The van der Waals surface area contributed by atoms with Gasteiger partial charge in [-0.3, -0.25) is 0 Å². The van der Waals surface area contributed by atoms with E-state index in [2.05, 4.69) is 48.3 Å². The molecule has 1 heterocycles. The Bertz CT molecular complexity index is 378. The highest BCUT2D eigenvalue weighted by molar-refractivity contribution is 5.46. The van der Waals surface area contributed by atoms with Gasteiger partial charge in [0.25, 0.3) is 0 Å². The van der Waals surface area contributed by atoms with E-state index in [0.29, 0.717) is 12.0 Å². The molecule has 2 atom stereocenters. The lowest BCUT2D eigenvalue weighted by atomic mass is 10.0. The molecule has 19 heavy (non-hydrogen) atoms. The van der Waals surface area contributed by atoms with Crippen molar-refractivity contribution in [3.05, 3.63) is 11.8 Å². The van der Waals surface area contributed by atoms with E-state index in [1.165, 1.54) is 6.42 Å². The molecule has 0 aliphatic rings. The van der Waals surface area contributed by atoms with Gasteiger partial charge in [0.2, 0.25) is 5.95 Å².